The first-order valence-electron chi connectivity index (χ1n) is 12.0. The highest BCUT2D eigenvalue weighted by Crippen LogP contribution is 2.34. The van der Waals surface area contributed by atoms with E-state index in [0.29, 0.717) is 40.5 Å². The lowest BCUT2D eigenvalue weighted by atomic mass is 10.2. The van der Waals surface area contributed by atoms with Gasteiger partial charge in [0, 0.05) is 10.6 Å². The third-order valence-corrected chi connectivity index (χ3v) is 7.23. The molecule has 0 radical (unpaired) electrons. The molecule has 1 aliphatic rings. The first-order chi connectivity index (χ1) is 18.2. The molecule has 0 bridgehead atoms. The highest BCUT2D eigenvalue weighted by molar-refractivity contribution is 8.18. The highest BCUT2D eigenvalue weighted by atomic mass is 35.5. The fraction of sp³-hybridized carbons (Fsp3) is 0.0968. The van der Waals surface area contributed by atoms with Crippen LogP contribution < -0.4 is 4.74 Å². The normalized spacial score (nSPS) is 15.5. The van der Waals surface area contributed by atoms with E-state index in [9.17, 15) is 4.79 Å². The SMILES string of the molecule is O=C1/C(=C/c2cccc(OCc3ccccc3Cl)c2)SC(=NCc2ccccc2)N1Cc1ccccc1. The van der Waals surface area contributed by atoms with Gasteiger partial charge in [0.1, 0.15) is 12.4 Å². The number of carbonyl (C=O) groups is 1. The Morgan fingerprint density at radius 3 is 2.30 bits per heavy atom. The number of benzene rings is 4. The first kappa shape index (κ1) is 24.9. The van der Waals surface area contributed by atoms with Crippen LogP contribution in [0.2, 0.25) is 5.02 Å². The summed E-state index contributed by atoms with van der Waals surface area (Å²) in [6, 6.07) is 35.4. The van der Waals surface area contributed by atoms with Crippen LogP contribution >= 0.6 is 23.4 Å². The monoisotopic (exact) mass is 524 g/mol. The van der Waals surface area contributed by atoms with Crippen LogP contribution in [0.5, 0.6) is 5.75 Å². The van der Waals surface area contributed by atoms with E-state index in [1.807, 2.05) is 115 Å². The van der Waals surface area contributed by atoms with E-state index in [1.54, 1.807) is 4.90 Å². The molecule has 1 aliphatic heterocycles. The molecule has 0 aliphatic carbocycles. The third kappa shape index (κ3) is 6.50. The number of hydrogen-bond donors (Lipinski definition) is 0. The Morgan fingerprint density at radius 1 is 0.838 bits per heavy atom. The Hall–Kier alpha value is -3.80. The average Bonchev–Trinajstić information content (AvgIpc) is 3.22. The van der Waals surface area contributed by atoms with Crippen molar-refractivity contribution in [3.05, 3.63) is 141 Å². The van der Waals surface area contributed by atoms with Gasteiger partial charge in [-0.2, -0.15) is 0 Å². The fourth-order valence-electron chi connectivity index (χ4n) is 3.90. The molecule has 4 nitrogen and oxygen atoms in total. The summed E-state index contributed by atoms with van der Waals surface area (Å²) in [4.78, 5) is 20.7. The molecule has 0 aromatic heterocycles. The van der Waals surface area contributed by atoms with E-state index in [1.165, 1.54) is 11.8 Å². The second kappa shape index (κ2) is 12.0. The maximum absolute atomic E-state index is 13.5. The minimum absolute atomic E-state index is 0.0527. The van der Waals surface area contributed by atoms with E-state index in [2.05, 4.69) is 0 Å². The maximum atomic E-state index is 13.5. The van der Waals surface area contributed by atoms with Crippen molar-refractivity contribution in [1.82, 2.24) is 4.90 Å². The van der Waals surface area contributed by atoms with Crippen molar-refractivity contribution >= 4 is 40.5 Å². The average molecular weight is 525 g/mol. The zero-order valence-electron chi connectivity index (χ0n) is 20.1. The Labute approximate surface area is 226 Å². The molecule has 0 saturated carbocycles. The number of aliphatic imine (C=N–C) groups is 1. The second-order valence-electron chi connectivity index (χ2n) is 8.52. The van der Waals surface area contributed by atoms with Crippen molar-refractivity contribution in [3.8, 4) is 5.75 Å². The predicted octanol–water partition coefficient (Wildman–Crippen LogP) is 7.59. The van der Waals surface area contributed by atoms with Crippen molar-refractivity contribution in [2.75, 3.05) is 0 Å². The van der Waals surface area contributed by atoms with E-state index >= 15 is 0 Å². The topological polar surface area (TPSA) is 41.9 Å². The predicted molar refractivity (Wildman–Crippen MR) is 152 cm³/mol. The minimum Gasteiger partial charge on any atom is -0.489 e. The number of amidine groups is 1. The van der Waals surface area contributed by atoms with Crippen LogP contribution in [0.15, 0.2) is 119 Å². The number of nitrogens with zero attached hydrogens (tertiary/aromatic N) is 2. The molecule has 1 fully saturated rings. The van der Waals surface area contributed by atoms with Crippen molar-refractivity contribution in [3.63, 3.8) is 0 Å². The van der Waals surface area contributed by atoms with Gasteiger partial charge in [-0.3, -0.25) is 14.7 Å². The lowest BCUT2D eigenvalue weighted by Crippen LogP contribution is -2.28. The number of amides is 1. The molecular weight excluding hydrogens is 500 g/mol. The lowest BCUT2D eigenvalue weighted by Gasteiger charge is -2.15. The van der Waals surface area contributed by atoms with Gasteiger partial charge in [0.15, 0.2) is 5.17 Å². The van der Waals surface area contributed by atoms with Crippen molar-refractivity contribution in [2.24, 2.45) is 4.99 Å². The smallest absolute Gasteiger partial charge is 0.267 e. The molecule has 184 valence electrons. The van der Waals surface area contributed by atoms with E-state index in [-0.39, 0.29) is 5.91 Å². The molecule has 1 saturated heterocycles. The van der Waals surface area contributed by atoms with Crippen LogP contribution in [0.4, 0.5) is 0 Å². The molecule has 4 aromatic carbocycles. The van der Waals surface area contributed by atoms with Crippen LogP contribution in [-0.2, 0) is 24.5 Å². The molecule has 1 amide bonds. The van der Waals surface area contributed by atoms with Gasteiger partial charge < -0.3 is 4.74 Å². The Kier molecular flexibility index (Phi) is 8.04. The molecule has 0 spiro atoms. The van der Waals surface area contributed by atoms with Gasteiger partial charge in [-0.05, 0) is 52.7 Å². The molecule has 0 atom stereocenters. The van der Waals surface area contributed by atoms with Gasteiger partial charge in [-0.15, -0.1) is 0 Å². The van der Waals surface area contributed by atoms with Crippen LogP contribution in [0.3, 0.4) is 0 Å². The summed E-state index contributed by atoms with van der Waals surface area (Å²) in [6.45, 7) is 1.35. The zero-order valence-corrected chi connectivity index (χ0v) is 21.7. The number of thioether (sulfide) groups is 1. The molecule has 0 N–H and O–H groups in total. The molecule has 0 unspecified atom stereocenters. The van der Waals surface area contributed by atoms with Crippen LogP contribution in [-0.4, -0.2) is 16.0 Å². The van der Waals surface area contributed by atoms with Gasteiger partial charge in [0.05, 0.1) is 18.0 Å². The first-order valence-corrected chi connectivity index (χ1v) is 13.1. The van der Waals surface area contributed by atoms with E-state index < -0.39 is 0 Å². The maximum Gasteiger partial charge on any atom is 0.267 e. The summed E-state index contributed by atoms with van der Waals surface area (Å²) in [7, 11) is 0. The quantitative estimate of drug-likeness (QED) is 0.223. The molecule has 1 heterocycles. The second-order valence-corrected chi connectivity index (χ2v) is 9.94. The number of rotatable bonds is 8. The number of hydrogen-bond acceptors (Lipinski definition) is 4. The minimum atomic E-state index is -0.0527. The van der Waals surface area contributed by atoms with E-state index in [4.69, 9.17) is 21.3 Å². The lowest BCUT2D eigenvalue weighted by molar-refractivity contribution is -0.122. The standard InChI is InChI=1S/C31H25ClN2O2S/c32-28-17-8-7-15-26(28)22-36-27-16-9-14-25(18-27)19-29-30(35)34(21-24-12-5-2-6-13-24)31(37-29)33-20-23-10-3-1-4-11-23/h1-19H,20-22H2/b29-19-,33-31?. The largest absolute Gasteiger partial charge is 0.489 e. The van der Waals surface area contributed by atoms with Crippen LogP contribution in [0.25, 0.3) is 6.08 Å². The van der Waals surface area contributed by atoms with E-state index in [0.717, 1.165) is 22.3 Å². The van der Waals surface area contributed by atoms with Crippen molar-refractivity contribution in [2.45, 2.75) is 19.7 Å². The molecule has 6 heteroatoms. The van der Waals surface area contributed by atoms with Gasteiger partial charge in [-0.1, -0.05) is 103 Å². The van der Waals surface area contributed by atoms with Crippen molar-refractivity contribution < 1.29 is 9.53 Å². The van der Waals surface area contributed by atoms with Crippen LogP contribution in [0, 0.1) is 0 Å². The summed E-state index contributed by atoms with van der Waals surface area (Å²) in [5.74, 6) is 0.659. The van der Waals surface area contributed by atoms with Crippen molar-refractivity contribution in [1.29, 1.82) is 0 Å². The summed E-state index contributed by atoms with van der Waals surface area (Å²) in [5.41, 5.74) is 3.96. The summed E-state index contributed by atoms with van der Waals surface area (Å²) < 4.78 is 5.97. The van der Waals surface area contributed by atoms with Gasteiger partial charge in [-0.25, -0.2) is 0 Å². The number of ether oxygens (including phenoxy) is 1. The number of halogens is 1. The fourth-order valence-corrected chi connectivity index (χ4v) is 5.06. The molecule has 5 rings (SSSR count). The van der Waals surface area contributed by atoms with Gasteiger partial charge in [0.25, 0.3) is 5.91 Å². The van der Waals surface area contributed by atoms with Gasteiger partial charge >= 0.3 is 0 Å². The van der Waals surface area contributed by atoms with Crippen LogP contribution in [0.1, 0.15) is 22.3 Å². The highest BCUT2D eigenvalue weighted by Gasteiger charge is 2.33. The Balaban J connectivity index is 1.36. The Morgan fingerprint density at radius 2 is 1.54 bits per heavy atom. The number of carbonyl (C=O) groups excluding carboxylic acids is 1. The summed E-state index contributed by atoms with van der Waals surface area (Å²) >= 11 is 7.66. The zero-order chi connectivity index (χ0) is 25.5. The molecular formula is C31H25ClN2O2S. The summed E-state index contributed by atoms with van der Waals surface area (Å²) in [5, 5.41) is 1.38. The third-order valence-electron chi connectivity index (χ3n) is 5.82. The Bertz CT molecular complexity index is 1440. The molecule has 37 heavy (non-hydrogen) atoms. The molecule has 4 aromatic rings. The summed E-state index contributed by atoms with van der Waals surface area (Å²) in [6.07, 6.45) is 1.90. The van der Waals surface area contributed by atoms with Gasteiger partial charge in [0.2, 0.25) is 0 Å².